The third-order valence-electron chi connectivity index (χ3n) is 5.33. The predicted molar refractivity (Wildman–Crippen MR) is 130 cm³/mol. The number of hydrogen-bond acceptors (Lipinski definition) is 7. The molecule has 0 aliphatic carbocycles. The van der Waals surface area contributed by atoms with Crippen LogP contribution in [0.15, 0.2) is 46.8 Å². The monoisotopic (exact) mass is 487 g/mol. The number of urea groups is 1. The van der Waals surface area contributed by atoms with Crippen molar-refractivity contribution < 1.29 is 19.1 Å². The van der Waals surface area contributed by atoms with Gasteiger partial charge in [-0.15, -0.1) is 10.2 Å². The molecule has 0 spiro atoms. The van der Waals surface area contributed by atoms with Gasteiger partial charge in [-0.3, -0.25) is 0 Å². The number of benzene rings is 1. The summed E-state index contributed by atoms with van der Waals surface area (Å²) in [6, 6.07) is 8.87. The number of amides is 2. The van der Waals surface area contributed by atoms with Gasteiger partial charge in [0.2, 0.25) is 0 Å². The second-order valence-corrected chi connectivity index (χ2v) is 9.24. The summed E-state index contributed by atoms with van der Waals surface area (Å²) in [6.45, 7) is 9.33. The fraction of sp³-hybridized carbons (Fsp3) is 0.500. The number of rotatable bonds is 12. The zero-order valence-corrected chi connectivity index (χ0v) is 21.0. The van der Waals surface area contributed by atoms with E-state index in [4.69, 9.17) is 9.47 Å². The molecule has 34 heavy (non-hydrogen) atoms. The summed E-state index contributed by atoms with van der Waals surface area (Å²) < 4.78 is 13.2. The second kappa shape index (κ2) is 12.5. The zero-order chi connectivity index (χ0) is 24.5. The second-order valence-electron chi connectivity index (χ2n) is 8.30. The van der Waals surface area contributed by atoms with Crippen LogP contribution in [-0.4, -0.2) is 45.2 Å². The number of ether oxygens (including phenoxy) is 2. The largest absolute Gasteiger partial charge is 0.486 e. The van der Waals surface area contributed by atoms with Crippen molar-refractivity contribution >= 4 is 23.8 Å². The Morgan fingerprint density at radius 2 is 1.97 bits per heavy atom. The first-order valence-corrected chi connectivity index (χ1v) is 12.6. The van der Waals surface area contributed by atoms with Crippen molar-refractivity contribution in [2.24, 2.45) is 5.92 Å². The standard InChI is InChI=1S/C24H33N5O4S/c1-5-18-21(22(30)32-6-2)19(26-23(31)25-18)15-34-24-28-27-20(29(24)13-12-16(3)4)14-33-17-10-8-7-9-11-17/h7-11,16,18H,5-6,12-15H2,1-4H3,(H2,25,26,31)/t18-/m0/s1. The van der Waals surface area contributed by atoms with Gasteiger partial charge in [0.1, 0.15) is 12.4 Å². The summed E-state index contributed by atoms with van der Waals surface area (Å²) in [4.78, 5) is 24.8. The van der Waals surface area contributed by atoms with E-state index < -0.39 is 12.0 Å². The number of hydrogen-bond donors (Lipinski definition) is 2. The van der Waals surface area contributed by atoms with Crippen molar-refractivity contribution in [3.05, 3.63) is 47.4 Å². The van der Waals surface area contributed by atoms with Crippen molar-refractivity contribution in [2.75, 3.05) is 12.4 Å². The Labute approximate surface area is 204 Å². The van der Waals surface area contributed by atoms with E-state index in [1.54, 1.807) is 6.92 Å². The summed E-state index contributed by atoms with van der Waals surface area (Å²) >= 11 is 1.43. The predicted octanol–water partition coefficient (Wildman–Crippen LogP) is 3.90. The minimum atomic E-state index is -0.421. The third-order valence-corrected chi connectivity index (χ3v) is 6.32. The van der Waals surface area contributed by atoms with E-state index in [2.05, 4.69) is 39.2 Å². The number of nitrogens with zero attached hydrogens (tertiary/aromatic N) is 3. The molecule has 0 fully saturated rings. The molecule has 0 saturated heterocycles. The van der Waals surface area contributed by atoms with Crippen LogP contribution in [0.2, 0.25) is 0 Å². The lowest BCUT2D eigenvalue weighted by molar-refractivity contribution is -0.139. The van der Waals surface area contributed by atoms with Crippen molar-refractivity contribution in [1.29, 1.82) is 0 Å². The van der Waals surface area contributed by atoms with Gasteiger partial charge in [-0.1, -0.05) is 50.7 Å². The molecule has 3 rings (SSSR count). The normalized spacial score (nSPS) is 15.8. The number of esters is 1. The van der Waals surface area contributed by atoms with Gasteiger partial charge in [0.15, 0.2) is 11.0 Å². The number of thioether (sulfide) groups is 1. The number of nitrogens with one attached hydrogen (secondary N) is 2. The Hall–Kier alpha value is -3.01. The molecule has 1 aliphatic rings. The highest BCUT2D eigenvalue weighted by Gasteiger charge is 2.31. The van der Waals surface area contributed by atoms with Gasteiger partial charge in [-0.05, 0) is 37.8 Å². The fourth-order valence-electron chi connectivity index (χ4n) is 3.52. The molecule has 1 aromatic heterocycles. The van der Waals surface area contributed by atoms with Crippen molar-refractivity contribution in [3.8, 4) is 5.75 Å². The van der Waals surface area contributed by atoms with Crippen LogP contribution in [-0.2, 0) is 22.7 Å². The molecule has 2 aromatic rings. The summed E-state index contributed by atoms with van der Waals surface area (Å²) in [7, 11) is 0. The number of para-hydroxylation sites is 1. The molecule has 2 amide bonds. The molecule has 2 heterocycles. The number of carbonyl (C=O) groups is 2. The quantitative estimate of drug-likeness (QED) is 0.345. The van der Waals surface area contributed by atoms with Crippen LogP contribution in [0.3, 0.4) is 0 Å². The highest BCUT2D eigenvalue weighted by molar-refractivity contribution is 7.99. The van der Waals surface area contributed by atoms with Gasteiger partial charge in [0, 0.05) is 18.0 Å². The number of carbonyl (C=O) groups excluding carboxylic acids is 2. The molecule has 10 heteroatoms. The molecule has 0 radical (unpaired) electrons. The van der Waals surface area contributed by atoms with E-state index in [9.17, 15) is 9.59 Å². The van der Waals surface area contributed by atoms with Crippen LogP contribution in [0.4, 0.5) is 4.79 Å². The Bertz CT molecular complexity index is 1010. The molecule has 1 aromatic carbocycles. The maximum Gasteiger partial charge on any atom is 0.337 e. The van der Waals surface area contributed by atoms with E-state index in [-0.39, 0.29) is 12.6 Å². The smallest absolute Gasteiger partial charge is 0.337 e. The molecule has 1 aliphatic heterocycles. The van der Waals surface area contributed by atoms with Crippen LogP contribution in [0, 0.1) is 5.92 Å². The maximum atomic E-state index is 12.6. The van der Waals surface area contributed by atoms with E-state index in [0.717, 1.165) is 24.5 Å². The number of aromatic nitrogens is 3. The molecular weight excluding hydrogens is 454 g/mol. The molecule has 1 atom stereocenters. The average Bonchev–Trinajstić information content (AvgIpc) is 3.21. The molecular formula is C24H33N5O4S. The van der Waals surface area contributed by atoms with Crippen LogP contribution in [0.25, 0.3) is 0 Å². The van der Waals surface area contributed by atoms with Gasteiger partial charge in [-0.2, -0.15) is 0 Å². The Balaban J connectivity index is 1.81. The molecule has 9 nitrogen and oxygen atoms in total. The summed E-state index contributed by atoms with van der Waals surface area (Å²) in [5, 5.41) is 15.0. The van der Waals surface area contributed by atoms with Crippen LogP contribution in [0.5, 0.6) is 5.75 Å². The van der Waals surface area contributed by atoms with Crippen molar-refractivity contribution in [2.45, 2.75) is 64.9 Å². The van der Waals surface area contributed by atoms with Crippen LogP contribution in [0.1, 0.15) is 46.4 Å². The lowest BCUT2D eigenvalue weighted by Crippen LogP contribution is -2.50. The topological polar surface area (TPSA) is 107 Å². The Morgan fingerprint density at radius 1 is 1.21 bits per heavy atom. The molecule has 184 valence electrons. The van der Waals surface area contributed by atoms with Gasteiger partial charge < -0.3 is 24.7 Å². The zero-order valence-electron chi connectivity index (χ0n) is 20.2. The lowest BCUT2D eigenvalue weighted by atomic mass is 10.0. The van der Waals surface area contributed by atoms with Gasteiger partial charge in [0.25, 0.3) is 0 Å². The average molecular weight is 488 g/mol. The Morgan fingerprint density at radius 3 is 2.65 bits per heavy atom. The highest BCUT2D eigenvalue weighted by Crippen LogP contribution is 2.25. The van der Waals surface area contributed by atoms with E-state index in [0.29, 0.717) is 41.1 Å². The minimum absolute atomic E-state index is 0.265. The van der Waals surface area contributed by atoms with Gasteiger partial charge in [-0.25, -0.2) is 9.59 Å². The first-order valence-electron chi connectivity index (χ1n) is 11.6. The maximum absolute atomic E-state index is 12.6. The molecule has 0 saturated carbocycles. The van der Waals surface area contributed by atoms with Gasteiger partial charge >= 0.3 is 12.0 Å². The van der Waals surface area contributed by atoms with E-state index >= 15 is 0 Å². The highest BCUT2D eigenvalue weighted by atomic mass is 32.2. The lowest BCUT2D eigenvalue weighted by Gasteiger charge is -2.28. The third kappa shape index (κ3) is 6.75. The van der Waals surface area contributed by atoms with Gasteiger partial charge in [0.05, 0.1) is 18.2 Å². The SMILES string of the molecule is CCOC(=O)C1=C(CSc2nnc(COc3ccccc3)n2CCC(C)C)NC(=O)N[C@H]1CC. The summed E-state index contributed by atoms with van der Waals surface area (Å²) in [5.41, 5.74) is 0.997. The molecule has 0 bridgehead atoms. The summed E-state index contributed by atoms with van der Waals surface area (Å²) in [6.07, 6.45) is 1.54. The fourth-order valence-corrected chi connectivity index (χ4v) is 4.47. The first-order chi connectivity index (χ1) is 16.4. The van der Waals surface area contributed by atoms with E-state index in [1.165, 1.54) is 11.8 Å². The van der Waals surface area contributed by atoms with Crippen molar-refractivity contribution in [1.82, 2.24) is 25.4 Å². The summed E-state index contributed by atoms with van der Waals surface area (Å²) in [5.74, 6) is 1.94. The van der Waals surface area contributed by atoms with Crippen molar-refractivity contribution in [3.63, 3.8) is 0 Å². The minimum Gasteiger partial charge on any atom is -0.486 e. The van der Waals surface area contributed by atoms with E-state index in [1.807, 2.05) is 37.3 Å². The first kappa shape index (κ1) is 25.6. The molecule has 2 N–H and O–H groups in total. The molecule has 0 unspecified atom stereocenters. The Kier molecular flexibility index (Phi) is 9.38. The van der Waals surface area contributed by atoms with Crippen LogP contribution >= 0.6 is 11.8 Å². The van der Waals surface area contributed by atoms with Crippen LogP contribution < -0.4 is 15.4 Å².